The van der Waals surface area contributed by atoms with E-state index in [4.69, 9.17) is 10.7 Å². The van der Waals surface area contributed by atoms with Crippen molar-refractivity contribution < 1.29 is 12.8 Å². The molecule has 1 aliphatic rings. The number of hydrogen-bond donors (Lipinski definition) is 0. The van der Waals surface area contributed by atoms with Crippen LogP contribution in [0.2, 0.25) is 0 Å². The van der Waals surface area contributed by atoms with Gasteiger partial charge in [0, 0.05) is 16.1 Å². The number of alkyl halides is 1. The number of rotatable bonds is 3. The highest BCUT2D eigenvalue weighted by Gasteiger charge is 2.44. The standard InChI is InChI=1S/C10H10ClFO2S/c11-15(13,14)9-3-1-2-8(6-9)10(7-12)4-5-10/h1-3,6H,4-5,7H2. The molecule has 1 saturated carbocycles. The molecular formula is C10H10ClFO2S. The molecule has 0 spiro atoms. The first-order valence-electron chi connectivity index (χ1n) is 4.59. The van der Waals surface area contributed by atoms with Gasteiger partial charge in [0.05, 0.1) is 11.6 Å². The molecule has 0 radical (unpaired) electrons. The maximum Gasteiger partial charge on any atom is 0.261 e. The van der Waals surface area contributed by atoms with E-state index in [-0.39, 0.29) is 4.90 Å². The summed E-state index contributed by atoms with van der Waals surface area (Å²) >= 11 is 0. The Morgan fingerprint density at radius 2 is 2.07 bits per heavy atom. The molecule has 0 unspecified atom stereocenters. The van der Waals surface area contributed by atoms with Crippen LogP contribution in [0.25, 0.3) is 0 Å². The van der Waals surface area contributed by atoms with Crippen molar-refractivity contribution in [3.05, 3.63) is 29.8 Å². The van der Waals surface area contributed by atoms with Crippen LogP contribution in [0.1, 0.15) is 18.4 Å². The van der Waals surface area contributed by atoms with Gasteiger partial charge in [0.1, 0.15) is 0 Å². The molecule has 0 bridgehead atoms. The third-order valence-corrected chi connectivity index (χ3v) is 4.19. The molecule has 1 aromatic carbocycles. The van der Waals surface area contributed by atoms with E-state index in [1.807, 2.05) is 0 Å². The first kappa shape index (κ1) is 10.9. The van der Waals surface area contributed by atoms with E-state index in [0.29, 0.717) is 0 Å². The molecule has 1 aromatic rings. The molecule has 0 aliphatic heterocycles. The van der Waals surface area contributed by atoms with Gasteiger partial charge >= 0.3 is 0 Å². The summed E-state index contributed by atoms with van der Waals surface area (Å²) in [4.78, 5) is 0.0430. The van der Waals surface area contributed by atoms with Crippen molar-refractivity contribution >= 4 is 19.7 Å². The van der Waals surface area contributed by atoms with Crippen molar-refractivity contribution in [1.29, 1.82) is 0 Å². The summed E-state index contributed by atoms with van der Waals surface area (Å²) in [5, 5.41) is 0. The molecular weight excluding hydrogens is 239 g/mol. The van der Waals surface area contributed by atoms with E-state index < -0.39 is 21.1 Å². The van der Waals surface area contributed by atoms with Crippen molar-refractivity contribution in [3.63, 3.8) is 0 Å². The van der Waals surface area contributed by atoms with Crippen LogP contribution in [0, 0.1) is 0 Å². The molecule has 0 saturated heterocycles. The summed E-state index contributed by atoms with van der Waals surface area (Å²) in [6.07, 6.45) is 1.55. The molecule has 0 atom stereocenters. The summed E-state index contributed by atoms with van der Waals surface area (Å²) in [5.41, 5.74) is 0.282. The highest BCUT2D eigenvalue weighted by Crippen LogP contribution is 2.48. The smallest absolute Gasteiger partial charge is 0.250 e. The molecule has 0 heterocycles. The average Bonchev–Trinajstić information content (AvgIpc) is 2.97. The van der Waals surface area contributed by atoms with Gasteiger partial charge in [-0.15, -0.1) is 0 Å². The largest absolute Gasteiger partial charge is 0.261 e. The van der Waals surface area contributed by atoms with E-state index >= 15 is 0 Å². The fourth-order valence-electron chi connectivity index (χ4n) is 1.63. The quantitative estimate of drug-likeness (QED) is 0.771. The van der Waals surface area contributed by atoms with Crippen molar-refractivity contribution in [2.45, 2.75) is 23.2 Å². The first-order valence-corrected chi connectivity index (χ1v) is 6.90. The van der Waals surface area contributed by atoms with Crippen molar-refractivity contribution in [3.8, 4) is 0 Å². The predicted octanol–water partition coefficient (Wildman–Crippen LogP) is 2.62. The van der Waals surface area contributed by atoms with Crippen LogP contribution in [-0.2, 0) is 14.5 Å². The van der Waals surface area contributed by atoms with Crippen LogP contribution >= 0.6 is 10.7 Å². The van der Waals surface area contributed by atoms with Gasteiger partial charge in [-0.25, -0.2) is 8.42 Å². The highest BCUT2D eigenvalue weighted by atomic mass is 35.7. The summed E-state index contributed by atoms with van der Waals surface area (Å²) in [5.74, 6) is 0. The summed E-state index contributed by atoms with van der Waals surface area (Å²) in [6.45, 7) is -0.446. The van der Waals surface area contributed by atoms with E-state index in [0.717, 1.165) is 18.4 Å². The first-order chi connectivity index (χ1) is 6.98. The molecule has 0 N–H and O–H groups in total. The minimum Gasteiger partial charge on any atom is -0.250 e. The van der Waals surface area contributed by atoms with E-state index in [2.05, 4.69) is 0 Å². The van der Waals surface area contributed by atoms with Gasteiger partial charge in [-0.05, 0) is 30.5 Å². The topological polar surface area (TPSA) is 34.1 Å². The Morgan fingerprint density at radius 3 is 2.53 bits per heavy atom. The normalized spacial score (nSPS) is 18.8. The number of benzene rings is 1. The lowest BCUT2D eigenvalue weighted by atomic mass is 9.98. The molecule has 1 fully saturated rings. The summed E-state index contributed by atoms with van der Waals surface area (Å²) in [7, 11) is 1.51. The highest BCUT2D eigenvalue weighted by molar-refractivity contribution is 8.13. The molecule has 82 valence electrons. The van der Waals surface area contributed by atoms with Gasteiger partial charge in [-0.2, -0.15) is 0 Å². The van der Waals surface area contributed by atoms with Gasteiger partial charge in [-0.3, -0.25) is 4.39 Å². The van der Waals surface area contributed by atoms with Crippen LogP contribution < -0.4 is 0 Å². The maximum absolute atomic E-state index is 12.8. The lowest BCUT2D eigenvalue weighted by molar-refractivity contribution is 0.417. The zero-order valence-corrected chi connectivity index (χ0v) is 9.48. The molecule has 0 amide bonds. The molecule has 0 aromatic heterocycles. The van der Waals surface area contributed by atoms with Gasteiger partial charge in [-0.1, -0.05) is 12.1 Å². The zero-order chi connectivity index (χ0) is 11.1. The second-order valence-electron chi connectivity index (χ2n) is 3.88. The number of hydrogen-bond acceptors (Lipinski definition) is 2. The van der Waals surface area contributed by atoms with E-state index in [9.17, 15) is 12.8 Å². The molecule has 2 nitrogen and oxygen atoms in total. The van der Waals surface area contributed by atoms with Gasteiger partial charge in [0.15, 0.2) is 0 Å². The lowest BCUT2D eigenvalue weighted by Crippen LogP contribution is -2.09. The lowest BCUT2D eigenvalue weighted by Gasteiger charge is -2.11. The summed E-state index contributed by atoms with van der Waals surface area (Å²) < 4.78 is 34.9. The van der Waals surface area contributed by atoms with Gasteiger partial charge in [0.2, 0.25) is 0 Å². The minimum atomic E-state index is -3.72. The maximum atomic E-state index is 12.8. The Morgan fingerprint density at radius 1 is 1.40 bits per heavy atom. The Labute approximate surface area is 92.5 Å². The monoisotopic (exact) mass is 248 g/mol. The fraction of sp³-hybridized carbons (Fsp3) is 0.400. The van der Waals surface area contributed by atoms with Crippen LogP contribution in [0.4, 0.5) is 4.39 Å². The van der Waals surface area contributed by atoms with Crippen molar-refractivity contribution in [2.24, 2.45) is 0 Å². The Kier molecular flexibility index (Phi) is 2.51. The molecule has 1 aliphatic carbocycles. The second kappa shape index (κ2) is 3.46. The van der Waals surface area contributed by atoms with E-state index in [1.54, 1.807) is 12.1 Å². The molecule has 15 heavy (non-hydrogen) atoms. The fourth-order valence-corrected chi connectivity index (χ4v) is 2.42. The Bertz CT molecular complexity index is 480. The predicted molar refractivity (Wildman–Crippen MR) is 56.4 cm³/mol. The second-order valence-corrected chi connectivity index (χ2v) is 6.45. The van der Waals surface area contributed by atoms with Crippen molar-refractivity contribution in [2.75, 3.05) is 6.67 Å². The minimum absolute atomic E-state index is 0.0430. The van der Waals surface area contributed by atoms with Crippen LogP contribution in [0.3, 0.4) is 0 Å². The van der Waals surface area contributed by atoms with Crippen molar-refractivity contribution in [1.82, 2.24) is 0 Å². The third-order valence-electron chi connectivity index (χ3n) is 2.84. The number of halogens is 2. The van der Waals surface area contributed by atoms with Crippen LogP contribution in [0.15, 0.2) is 29.2 Å². The van der Waals surface area contributed by atoms with Gasteiger partial charge in [0.25, 0.3) is 9.05 Å². The van der Waals surface area contributed by atoms with Crippen LogP contribution in [0.5, 0.6) is 0 Å². The summed E-state index contributed by atoms with van der Waals surface area (Å²) in [6, 6.07) is 6.23. The van der Waals surface area contributed by atoms with Crippen LogP contribution in [-0.4, -0.2) is 15.1 Å². The zero-order valence-electron chi connectivity index (χ0n) is 7.91. The SMILES string of the molecule is O=S(=O)(Cl)c1cccc(C2(CF)CC2)c1. The van der Waals surface area contributed by atoms with Gasteiger partial charge < -0.3 is 0 Å². The molecule has 5 heteroatoms. The Hall–Kier alpha value is -0.610. The Balaban J connectivity index is 2.44. The third kappa shape index (κ3) is 2.01. The average molecular weight is 249 g/mol. The molecule has 2 rings (SSSR count). The van der Waals surface area contributed by atoms with E-state index in [1.165, 1.54) is 12.1 Å².